The Morgan fingerprint density at radius 3 is 2.13 bits per heavy atom. The fourth-order valence-electron chi connectivity index (χ4n) is 10.7. The van der Waals surface area contributed by atoms with Crippen LogP contribution in [0, 0.1) is 27.9 Å². The molecule has 0 bridgehead atoms. The number of amides is 3. The molecule has 378 valence electrons. The van der Waals surface area contributed by atoms with Crippen molar-refractivity contribution in [1.29, 1.82) is 0 Å². The van der Waals surface area contributed by atoms with Crippen LogP contribution in [0.4, 0.5) is 21.3 Å². The van der Waals surface area contributed by atoms with Gasteiger partial charge < -0.3 is 29.4 Å². The molecular formula is C59H45N5O11S. The number of fused-ring (bicyclic) bond motifs is 4. The normalized spacial score (nSPS) is 20.5. The summed E-state index contributed by atoms with van der Waals surface area (Å²) >= 11 is 1.22. The highest BCUT2D eigenvalue weighted by molar-refractivity contribution is 7.22. The van der Waals surface area contributed by atoms with E-state index in [1.54, 1.807) is 73.8 Å². The van der Waals surface area contributed by atoms with E-state index >= 15 is 14.4 Å². The predicted octanol–water partition coefficient (Wildman–Crippen LogP) is 9.62. The summed E-state index contributed by atoms with van der Waals surface area (Å²) in [4.78, 5) is 81.8. The van der Waals surface area contributed by atoms with Crippen LogP contribution in [0.3, 0.4) is 0 Å². The Labute approximate surface area is 439 Å². The van der Waals surface area contributed by atoms with E-state index < -0.39 is 64.4 Å². The molecule has 16 nitrogen and oxygen atoms in total. The average Bonchev–Trinajstić information content (AvgIpc) is 3.77. The number of nitrogens with zero attached hydrogens (tertiary/aromatic N) is 4. The number of para-hydroxylation sites is 1. The Morgan fingerprint density at radius 2 is 1.45 bits per heavy atom. The quantitative estimate of drug-likeness (QED) is 0.0508. The van der Waals surface area contributed by atoms with E-state index in [9.17, 15) is 20.0 Å². The van der Waals surface area contributed by atoms with Crippen molar-refractivity contribution in [2.24, 2.45) is 5.92 Å². The fourth-order valence-corrected chi connectivity index (χ4v) is 11.6. The Bertz CT molecular complexity index is 3550. The number of benzene rings is 7. The number of aliphatic hydroxyl groups is 1. The number of rotatable bonds is 12. The van der Waals surface area contributed by atoms with Gasteiger partial charge in [-0.15, -0.1) is 0 Å². The fraction of sp³-hybridized carbons (Fsp3) is 0.169. The van der Waals surface area contributed by atoms with Crippen molar-refractivity contribution in [1.82, 2.24) is 9.88 Å². The number of hydrogen-bond donors (Lipinski definition) is 2. The summed E-state index contributed by atoms with van der Waals surface area (Å²) in [5.74, 6) is 3.38. The molecular weight excluding hydrogens is 987 g/mol. The number of non-ortho nitro benzene ring substituents is 1. The molecule has 0 aliphatic carbocycles. The Kier molecular flexibility index (Phi) is 13.3. The number of nitrogens with one attached hydrogen (secondary N) is 1. The number of aliphatic hydroxyl groups excluding tert-OH is 1. The van der Waals surface area contributed by atoms with Crippen LogP contribution in [0.5, 0.6) is 11.5 Å². The van der Waals surface area contributed by atoms with E-state index in [4.69, 9.17) is 23.9 Å². The lowest BCUT2D eigenvalue weighted by molar-refractivity contribution is -0.384. The zero-order valence-electron chi connectivity index (χ0n) is 40.5. The number of nitro groups is 1. The second-order valence-electron chi connectivity index (χ2n) is 18.2. The second-order valence-corrected chi connectivity index (χ2v) is 19.2. The van der Waals surface area contributed by atoms with Crippen molar-refractivity contribution in [2.75, 3.05) is 30.5 Å². The molecule has 76 heavy (non-hydrogen) atoms. The van der Waals surface area contributed by atoms with E-state index in [-0.39, 0.29) is 41.9 Å². The lowest BCUT2D eigenvalue weighted by Gasteiger charge is -2.46. The molecule has 2 saturated heterocycles. The molecule has 3 amide bonds. The highest BCUT2D eigenvalue weighted by Crippen LogP contribution is 2.66. The third-order valence-electron chi connectivity index (χ3n) is 14.0. The maximum Gasteiger partial charge on any atom is 0.421 e. The number of cyclic esters (lactones) is 1. The molecule has 8 aromatic rings. The lowest BCUT2D eigenvalue weighted by Crippen LogP contribution is -2.54. The van der Waals surface area contributed by atoms with E-state index in [0.29, 0.717) is 50.4 Å². The topological polar surface area (TPSA) is 200 Å². The molecule has 0 radical (unpaired) electrons. The first-order valence-electron chi connectivity index (χ1n) is 24.2. The molecule has 17 heteroatoms. The highest BCUT2D eigenvalue weighted by atomic mass is 32.1. The highest BCUT2D eigenvalue weighted by Gasteiger charge is 2.76. The van der Waals surface area contributed by atoms with Crippen LogP contribution in [0.15, 0.2) is 176 Å². The van der Waals surface area contributed by atoms with E-state index in [0.717, 1.165) is 9.60 Å². The van der Waals surface area contributed by atoms with Gasteiger partial charge in [0.15, 0.2) is 5.13 Å². The molecule has 2 fully saturated rings. The number of nitro benzene ring substituents is 1. The number of thiazole rings is 1. The number of carbonyl (C=O) groups excluding carboxylic acids is 4. The van der Waals surface area contributed by atoms with Gasteiger partial charge in [-0.2, -0.15) is 0 Å². The minimum Gasteiger partial charge on any atom is -0.497 e. The zero-order chi connectivity index (χ0) is 52.5. The van der Waals surface area contributed by atoms with Gasteiger partial charge in [-0.05, 0) is 107 Å². The molecule has 1 aromatic heterocycles. The van der Waals surface area contributed by atoms with Crippen molar-refractivity contribution in [3.05, 3.63) is 225 Å². The molecule has 6 unspecified atom stereocenters. The second kappa shape index (κ2) is 20.6. The smallest absolute Gasteiger partial charge is 0.421 e. The van der Waals surface area contributed by atoms with Crippen molar-refractivity contribution >= 4 is 61.9 Å². The Balaban J connectivity index is 1.17. The molecule has 11 rings (SSSR count). The third-order valence-corrected chi connectivity index (χ3v) is 14.9. The molecule has 3 aliphatic heterocycles. The lowest BCUT2D eigenvalue weighted by atomic mass is 9.65. The maximum absolute atomic E-state index is 16.7. The summed E-state index contributed by atoms with van der Waals surface area (Å²) in [5, 5.41) is 24.4. The first-order valence-corrected chi connectivity index (χ1v) is 25.0. The van der Waals surface area contributed by atoms with Crippen molar-refractivity contribution in [3.8, 4) is 23.3 Å². The van der Waals surface area contributed by atoms with Gasteiger partial charge in [0.25, 0.3) is 5.69 Å². The number of morpholine rings is 1. The summed E-state index contributed by atoms with van der Waals surface area (Å²) in [6, 6.07) is 46.8. The summed E-state index contributed by atoms with van der Waals surface area (Å²) < 4.78 is 24.5. The van der Waals surface area contributed by atoms with Crippen molar-refractivity contribution in [2.45, 2.75) is 36.3 Å². The van der Waals surface area contributed by atoms with Crippen molar-refractivity contribution < 1.29 is 48.2 Å². The van der Waals surface area contributed by atoms with Crippen LogP contribution in [-0.2, 0) is 35.9 Å². The first kappa shape index (κ1) is 49.0. The minimum absolute atomic E-state index is 0.00124. The summed E-state index contributed by atoms with van der Waals surface area (Å²) in [5.41, 5.74) is 1.83. The van der Waals surface area contributed by atoms with Gasteiger partial charge in [-0.3, -0.25) is 29.4 Å². The van der Waals surface area contributed by atoms with E-state index in [1.165, 1.54) is 35.6 Å². The van der Waals surface area contributed by atoms with Gasteiger partial charge in [0.1, 0.15) is 42.3 Å². The monoisotopic (exact) mass is 1030 g/mol. The van der Waals surface area contributed by atoms with E-state index in [1.807, 2.05) is 89.8 Å². The van der Waals surface area contributed by atoms with Crippen LogP contribution in [0.2, 0.25) is 0 Å². The van der Waals surface area contributed by atoms with Crippen LogP contribution in [0.25, 0.3) is 10.2 Å². The summed E-state index contributed by atoms with van der Waals surface area (Å²) in [7, 11) is 1.57. The van der Waals surface area contributed by atoms with E-state index in [2.05, 4.69) is 17.2 Å². The van der Waals surface area contributed by atoms with Crippen LogP contribution >= 0.6 is 11.3 Å². The van der Waals surface area contributed by atoms with Gasteiger partial charge in [0.05, 0.1) is 52.5 Å². The van der Waals surface area contributed by atoms with Gasteiger partial charge in [-0.25, -0.2) is 14.7 Å². The van der Waals surface area contributed by atoms with Gasteiger partial charge in [0, 0.05) is 23.3 Å². The molecule has 2 N–H and O–H groups in total. The molecule has 7 aromatic carbocycles. The number of aromatic nitrogens is 1. The largest absolute Gasteiger partial charge is 0.497 e. The Morgan fingerprint density at radius 1 is 0.789 bits per heavy atom. The molecule has 6 atom stereocenters. The number of methoxy groups -OCH3 is 1. The van der Waals surface area contributed by atoms with Gasteiger partial charge >= 0.3 is 12.1 Å². The molecule has 3 aliphatic rings. The molecule has 1 spiro atoms. The number of imide groups is 1. The number of hydrogen-bond acceptors (Lipinski definition) is 14. The maximum atomic E-state index is 16.7. The van der Waals surface area contributed by atoms with Gasteiger partial charge in [-0.1, -0.05) is 108 Å². The number of ether oxygens (including phenoxy) is 4. The summed E-state index contributed by atoms with van der Waals surface area (Å²) in [6.45, 7) is -0.634. The number of anilines is 2. The number of carbonyl (C=O) groups is 4. The molecule has 0 saturated carbocycles. The first-order chi connectivity index (χ1) is 37.1. The minimum atomic E-state index is -2.17. The SMILES string of the molecule is COc1ccc(C#Cc2ccc3c(c2)C2(C(=O)N3C(=O)OCc3ccc([N+](=O)[O-])cc3)C(C(=O)Nc3nc4ccccc4s3)C3C(=O)OC(c4ccccc4)C(c4ccccc4)N3C2c2ccc(OCCO)cc2)cc1. The predicted molar refractivity (Wildman–Crippen MR) is 281 cm³/mol. The zero-order valence-corrected chi connectivity index (χ0v) is 41.3. The third kappa shape index (κ3) is 8.83. The van der Waals surface area contributed by atoms with Crippen LogP contribution < -0.4 is 19.7 Å². The van der Waals surface area contributed by atoms with Crippen molar-refractivity contribution in [3.63, 3.8) is 0 Å². The van der Waals surface area contributed by atoms with Crippen LogP contribution in [-0.4, -0.2) is 70.2 Å². The molecule has 4 heterocycles. The standard InChI is InChI=1S/C59H45N5O11S/c1-72-43-27-20-36(21-28-43)16-17-37-22-31-47-45(34-37)59(56(68)62(47)58(69)74-35-38-18-25-42(26-19-38)64(70)71)49(54(66)61-57-60-46-14-8-9-15-48(46)76-57)51-55(67)75-52(40-12-6-3-7-13-40)50(39-10-4-2-5-11-39)63(51)53(59)41-23-29-44(30-24-41)73-33-32-65/h2-15,18-31,34,49-53,65H,32-33,35H2,1H3,(H,60,61,66). The van der Waals surface area contributed by atoms with Crippen LogP contribution in [0.1, 0.15) is 57.1 Å². The average molecular weight is 1030 g/mol. The Hall–Kier alpha value is -9.21. The van der Waals surface area contributed by atoms with Gasteiger partial charge in [0.2, 0.25) is 11.8 Å². The summed E-state index contributed by atoms with van der Waals surface area (Å²) in [6.07, 6.45) is -2.09. The number of esters is 1.